The number of rotatable bonds is 5. The van der Waals surface area contributed by atoms with Gasteiger partial charge in [0.25, 0.3) is 5.91 Å². The lowest BCUT2D eigenvalue weighted by Gasteiger charge is -2.34. The maximum atomic E-state index is 13.0. The molecule has 1 heterocycles. The minimum Gasteiger partial charge on any atom is -0.449 e. The Morgan fingerprint density at radius 3 is 2.38 bits per heavy atom. The minimum atomic E-state index is -3.75. The SMILES string of the molecule is CNC(=O)NC(=O)C(C)OC(=O)c1cccc(S(=O)(=O)N2CC(C)CC(C)C2)c1. The molecule has 29 heavy (non-hydrogen) atoms. The van der Waals surface area contributed by atoms with Crippen molar-refractivity contribution in [2.75, 3.05) is 20.1 Å². The molecule has 3 unspecified atom stereocenters. The summed E-state index contributed by atoms with van der Waals surface area (Å²) in [5.74, 6) is -1.15. The Morgan fingerprint density at radius 2 is 1.79 bits per heavy atom. The normalized spacial score (nSPS) is 21.1. The summed E-state index contributed by atoms with van der Waals surface area (Å²) in [5.41, 5.74) is 0.00349. The molecular formula is C19H27N3O6S. The summed E-state index contributed by atoms with van der Waals surface area (Å²) in [4.78, 5) is 35.4. The van der Waals surface area contributed by atoms with Crippen LogP contribution in [0.2, 0.25) is 0 Å². The molecule has 0 saturated carbocycles. The molecule has 2 N–H and O–H groups in total. The van der Waals surface area contributed by atoms with E-state index in [1.165, 1.54) is 42.5 Å². The molecular weight excluding hydrogens is 398 g/mol. The fourth-order valence-electron chi connectivity index (χ4n) is 3.29. The first-order valence-electron chi connectivity index (χ1n) is 9.38. The number of carbonyl (C=O) groups excluding carboxylic acids is 3. The van der Waals surface area contributed by atoms with Crippen molar-refractivity contribution in [1.29, 1.82) is 0 Å². The van der Waals surface area contributed by atoms with Crippen molar-refractivity contribution < 1.29 is 27.5 Å². The van der Waals surface area contributed by atoms with Gasteiger partial charge in [-0.3, -0.25) is 10.1 Å². The van der Waals surface area contributed by atoms with Crippen molar-refractivity contribution in [2.24, 2.45) is 11.8 Å². The van der Waals surface area contributed by atoms with Crippen LogP contribution in [-0.4, -0.2) is 56.9 Å². The molecule has 0 bridgehead atoms. The summed E-state index contributed by atoms with van der Waals surface area (Å²) in [7, 11) is -2.41. The number of carbonyl (C=O) groups is 3. The summed E-state index contributed by atoms with van der Waals surface area (Å²) in [6, 6.07) is 4.81. The molecule has 0 aromatic heterocycles. The monoisotopic (exact) mass is 425 g/mol. The van der Waals surface area contributed by atoms with Gasteiger partial charge in [0.05, 0.1) is 10.5 Å². The second-order valence-electron chi connectivity index (χ2n) is 7.41. The van der Waals surface area contributed by atoms with Crippen LogP contribution in [0.5, 0.6) is 0 Å². The van der Waals surface area contributed by atoms with E-state index in [-0.39, 0.29) is 22.3 Å². The third kappa shape index (κ3) is 5.77. The van der Waals surface area contributed by atoms with Gasteiger partial charge in [-0.05, 0) is 43.4 Å². The number of esters is 1. The smallest absolute Gasteiger partial charge is 0.338 e. The zero-order valence-electron chi connectivity index (χ0n) is 17.0. The van der Waals surface area contributed by atoms with Crippen LogP contribution in [-0.2, 0) is 19.6 Å². The average Bonchev–Trinajstić information content (AvgIpc) is 2.67. The first-order valence-corrected chi connectivity index (χ1v) is 10.8. The molecule has 3 atom stereocenters. The second-order valence-corrected chi connectivity index (χ2v) is 9.35. The Hall–Kier alpha value is -2.46. The van der Waals surface area contributed by atoms with Gasteiger partial charge in [-0.1, -0.05) is 19.9 Å². The van der Waals surface area contributed by atoms with Gasteiger partial charge in [-0.2, -0.15) is 4.31 Å². The van der Waals surface area contributed by atoms with Crippen LogP contribution in [0.3, 0.4) is 0 Å². The van der Waals surface area contributed by atoms with E-state index in [1.54, 1.807) is 0 Å². The van der Waals surface area contributed by atoms with Gasteiger partial charge >= 0.3 is 12.0 Å². The first-order chi connectivity index (χ1) is 13.5. The van der Waals surface area contributed by atoms with E-state index in [0.717, 1.165) is 6.42 Å². The molecule has 1 aromatic carbocycles. The molecule has 10 heteroatoms. The highest BCUT2D eigenvalue weighted by molar-refractivity contribution is 7.89. The van der Waals surface area contributed by atoms with Crippen molar-refractivity contribution in [3.63, 3.8) is 0 Å². The van der Waals surface area contributed by atoms with Gasteiger partial charge in [0.15, 0.2) is 6.10 Å². The van der Waals surface area contributed by atoms with Crippen LogP contribution in [0.4, 0.5) is 4.79 Å². The summed E-state index contributed by atoms with van der Waals surface area (Å²) in [5, 5.41) is 4.22. The molecule has 1 aliphatic heterocycles. The Bertz CT molecular complexity index is 876. The molecule has 9 nitrogen and oxygen atoms in total. The Kier molecular flexibility index (Phi) is 7.37. The number of ether oxygens (including phenoxy) is 1. The number of nitrogens with zero attached hydrogens (tertiary/aromatic N) is 1. The van der Waals surface area contributed by atoms with Crippen LogP contribution in [0.1, 0.15) is 37.6 Å². The highest BCUT2D eigenvalue weighted by Gasteiger charge is 2.32. The number of sulfonamides is 1. The second kappa shape index (κ2) is 9.36. The Balaban J connectivity index is 2.15. The maximum absolute atomic E-state index is 13.0. The lowest BCUT2D eigenvalue weighted by Crippen LogP contribution is -2.43. The minimum absolute atomic E-state index is 0.00349. The molecule has 0 spiro atoms. The number of nitrogens with one attached hydrogen (secondary N) is 2. The van der Waals surface area contributed by atoms with Crippen LogP contribution >= 0.6 is 0 Å². The zero-order valence-corrected chi connectivity index (χ0v) is 17.8. The molecule has 1 aliphatic rings. The number of benzene rings is 1. The summed E-state index contributed by atoms with van der Waals surface area (Å²) in [6.45, 7) is 6.19. The zero-order chi connectivity index (χ0) is 21.8. The van der Waals surface area contributed by atoms with Gasteiger partial charge < -0.3 is 10.1 Å². The summed E-state index contributed by atoms with van der Waals surface area (Å²) in [6.07, 6.45) is -0.266. The van der Waals surface area contributed by atoms with Gasteiger partial charge in [0, 0.05) is 20.1 Å². The number of urea groups is 1. The van der Waals surface area contributed by atoms with Gasteiger partial charge in [0.2, 0.25) is 10.0 Å². The Labute approximate surface area is 170 Å². The van der Waals surface area contributed by atoms with E-state index in [1.807, 2.05) is 19.2 Å². The number of hydrogen-bond donors (Lipinski definition) is 2. The quantitative estimate of drug-likeness (QED) is 0.687. The van der Waals surface area contributed by atoms with E-state index in [0.29, 0.717) is 13.1 Å². The Morgan fingerprint density at radius 1 is 1.17 bits per heavy atom. The van der Waals surface area contributed by atoms with Crippen LogP contribution in [0.15, 0.2) is 29.2 Å². The summed E-state index contributed by atoms with van der Waals surface area (Å²) >= 11 is 0. The molecule has 160 valence electrons. The van der Waals surface area contributed by atoms with Crippen LogP contribution < -0.4 is 10.6 Å². The molecule has 1 saturated heterocycles. The number of amides is 3. The fraction of sp³-hybridized carbons (Fsp3) is 0.526. The van der Waals surface area contributed by atoms with E-state index in [2.05, 4.69) is 5.32 Å². The van der Waals surface area contributed by atoms with Gasteiger partial charge in [0.1, 0.15) is 0 Å². The predicted molar refractivity (Wildman–Crippen MR) is 106 cm³/mol. The highest BCUT2D eigenvalue weighted by atomic mass is 32.2. The van der Waals surface area contributed by atoms with Crippen molar-refractivity contribution in [3.05, 3.63) is 29.8 Å². The lowest BCUT2D eigenvalue weighted by molar-refractivity contribution is -0.127. The van der Waals surface area contributed by atoms with Crippen molar-refractivity contribution in [3.8, 4) is 0 Å². The third-order valence-corrected chi connectivity index (χ3v) is 6.49. The van der Waals surface area contributed by atoms with Crippen molar-refractivity contribution >= 4 is 27.9 Å². The van der Waals surface area contributed by atoms with E-state index in [4.69, 9.17) is 4.74 Å². The van der Waals surface area contributed by atoms with E-state index < -0.39 is 34.0 Å². The molecule has 0 aliphatic carbocycles. The summed E-state index contributed by atoms with van der Waals surface area (Å²) < 4.78 is 32.5. The van der Waals surface area contributed by atoms with Gasteiger partial charge in [-0.15, -0.1) is 0 Å². The van der Waals surface area contributed by atoms with Crippen molar-refractivity contribution in [1.82, 2.24) is 14.9 Å². The topological polar surface area (TPSA) is 122 Å². The number of piperidine rings is 1. The largest absolute Gasteiger partial charge is 0.449 e. The molecule has 1 aromatic rings. The van der Waals surface area contributed by atoms with E-state index >= 15 is 0 Å². The van der Waals surface area contributed by atoms with Gasteiger partial charge in [-0.25, -0.2) is 18.0 Å². The average molecular weight is 426 g/mol. The van der Waals surface area contributed by atoms with Crippen LogP contribution in [0.25, 0.3) is 0 Å². The standard InChI is InChI=1S/C19H27N3O6S/c1-12-8-13(2)11-22(10-12)29(26,27)16-7-5-6-15(9-16)18(24)28-14(3)17(23)21-19(25)20-4/h5-7,9,12-14H,8,10-11H2,1-4H3,(H2,20,21,23,25). The maximum Gasteiger partial charge on any atom is 0.338 e. The number of imide groups is 1. The van der Waals surface area contributed by atoms with Crippen molar-refractivity contribution in [2.45, 2.75) is 38.2 Å². The number of hydrogen-bond acceptors (Lipinski definition) is 6. The highest BCUT2D eigenvalue weighted by Crippen LogP contribution is 2.27. The lowest BCUT2D eigenvalue weighted by atomic mass is 9.94. The first kappa shape index (κ1) is 22.8. The molecule has 2 rings (SSSR count). The molecule has 1 fully saturated rings. The van der Waals surface area contributed by atoms with E-state index in [9.17, 15) is 22.8 Å². The third-order valence-electron chi connectivity index (χ3n) is 4.66. The van der Waals surface area contributed by atoms with Crippen LogP contribution in [0, 0.1) is 11.8 Å². The molecule has 0 radical (unpaired) electrons. The predicted octanol–water partition coefficient (Wildman–Crippen LogP) is 1.35. The molecule has 3 amide bonds. The fourth-order valence-corrected chi connectivity index (χ4v) is 5.02.